The van der Waals surface area contributed by atoms with E-state index >= 15 is 0 Å². The number of rotatable bonds is 6. The van der Waals surface area contributed by atoms with E-state index in [1.165, 1.54) is 24.3 Å². The zero-order valence-corrected chi connectivity index (χ0v) is 18.7. The molecule has 0 unspecified atom stereocenters. The van der Waals surface area contributed by atoms with Gasteiger partial charge < -0.3 is 0 Å². The van der Waals surface area contributed by atoms with Crippen LogP contribution in [0.2, 0.25) is 10.0 Å². The molecular formula is C26H18Cl2F2S. The molecule has 156 valence electrons. The van der Waals surface area contributed by atoms with E-state index in [-0.39, 0.29) is 11.6 Å². The molecule has 0 saturated carbocycles. The van der Waals surface area contributed by atoms with Crippen molar-refractivity contribution in [2.24, 2.45) is 0 Å². The highest BCUT2D eigenvalue weighted by Gasteiger charge is 2.11. The molecule has 0 atom stereocenters. The molecule has 0 amide bonds. The van der Waals surface area contributed by atoms with Crippen molar-refractivity contribution in [3.05, 3.63) is 129 Å². The molecule has 0 N–H and O–H groups in total. The summed E-state index contributed by atoms with van der Waals surface area (Å²) in [6.45, 7) is 0. The highest BCUT2D eigenvalue weighted by atomic mass is 35.5. The van der Waals surface area contributed by atoms with E-state index in [0.29, 0.717) is 22.9 Å². The van der Waals surface area contributed by atoms with Crippen LogP contribution >= 0.6 is 35.0 Å². The average molecular weight is 471 g/mol. The highest BCUT2D eigenvalue weighted by molar-refractivity contribution is 7.99. The van der Waals surface area contributed by atoms with Crippen LogP contribution in [0.5, 0.6) is 0 Å². The summed E-state index contributed by atoms with van der Waals surface area (Å²) in [4.78, 5) is 2.13. The molecule has 4 aromatic carbocycles. The fourth-order valence-electron chi connectivity index (χ4n) is 3.33. The zero-order valence-electron chi connectivity index (χ0n) is 16.4. The highest BCUT2D eigenvalue weighted by Crippen LogP contribution is 2.37. The second-order valence-electron chi connectivity index (χ2n) is 7.21. The van der Waals surface area contributed by atoms with Crippen LogP contribution in [0.15, 0.2) is 94.7 Å². The van der Waals surface area contributed by atoms with Gasteiger partial charge in [-0.1, -0.05) is 59.2 Å². The molecule has 0 heterocycles. The summed E-state index contributed by atoms with van der Waals surface area (Å²) in [6, 6.07) is 24.6. The molecule has 5 heteroatoms. The van der Waals surface area contributed by atoms with E-state index in [0.717, 1.165) is 32.0 Å². The van der Waals surface area contributed by atoms with Crippen molar-refractivity contribution < 1.29 is 8.78 Å². The zero-order chi connectivity index (χ0) is 21.8. The second-order valence-corrected chi connectivity index (χ2v) is 9.17. The van der Waals surface area contributed by atoms with Crippen molar-refractivity contribution >= 4 is 35.0 Å². The predicted octanol–water partition coefficient (Wildman–Crippen LogP) is 8.60. The minimum Gasteiger partial charge on any atom is -0.207 e. The summed E-state index contributed by atoms with van der Waals surface area (Å²) >= 11 is 14.2. The lowest BCUT2D eigenvalue weighted by Crippen LogP contribution is -1.95. The first-order valence-corrected chi connectivity index (χ1v) is 11.3. The first-order chi connectivity index (χ1) is 15.0. The molecule has 0 aliphatic carbocycles. The summed E-state index contributed by atoms with van der Waals surface area (Å²) in [5, 5.41) is 1.31. The monoisotopic (exact) mass is 470 g/mol. The van der Waals surface area contributed by atoms with Gasteiger partial charge in [0.05, 0.1) is 0 Å². The Bertz CT molecular complexity index is 1090. The molecule has 4 rings (SSSR count). The third kappa shape index (κ3) is 5.88. The van der Waals surface area contributed by atoms with Crippen LogP contribution in [-0.2, 0) is 12.8 Å². The summed E-state index contributed by atoms with van der Waals surface area (Å²) in [5.41, 5.74) is 4.14. The van der Waals surface area contributed by atoms with Gasteiger partial charge in [-0.25, -0.2) is 8.78 Å². The molecule has 0 spiro atoms. The molecular weight excluding hydrogens is 453 g/mol. The maximum Gasteiger partial charge on any atom is 0.123 e. The Balaban J connectivity index is 1.64. The van der Waals surface area contributed by atoms with E-state index < -0.39 is 0 Å². The summed E-state index contributed by atoms with van der Waals surface area (Å²) in [7, 11) is 0. The molecule has 0 bridgehead atoms. The van der Waals surface area contributed by atoms with Crippen molar-refractivity contribution in [1.29, 1.82) is 0 Å². The Morgan fingerprint density at radius 2 is 0.935 bits per heavy atom. The lowest BCUT2D eigenvalue weighted by molar-refractivity contribution is 0.627. The molecule has 0 saturated heterocycles. The topological polar surface area (TPSA) is 0 Å². The molecule has 0 fully saturated rings. The van der Waals surface area contributed by atoms with Crippen LogP contribution in [0.3, 0.4) is 0 Å². The molecule has 4 aromatic rings. The van der Waals surface area contributed by atoms with Crippen LogP contribution in [0.1, 0.15) is 22.3 Å². The lowest BCUT2D eigenvalue weighted by atomic mass is 10.0. The molecule has 0 aromatic heterocycles. The largest absolute Gasteiger partial charge is 0.207 e. The third-order valence-electron chi connectivity index (χ3n) is 4.88. The Morgan fingerprint density at radius 1 is 0.548 bits per heavy atom. The van der Waals surface area contributed by atoms with Gasteiger partial charge in [0.1, 0.15) is 11.6 Å². The van der Waals surface area contributed by atoms with Crippen LogP contribution < -0.4 is 0 Å². The summed E-state index contributed by atoms with van der Waals surface area (Å²) in [6.07, 6.45) is 1.29. The van der Waals surface area contributed by atoms with Crippen LogP contribution in [0.25, 0.3) is 0 Å². The van der Waals surface area contributed by atoms with E-state index in [1.54, 1.807) is 36.0 Å². The van der Waals surface area contributed by atoms with Gasteiger partial charge in [0.2, 0.25) is 0 Å². The van der Waals surface area contributed by atoms with Gasteiger partial charge in [-0.05, 0) is 95.8 Å². The third-order valence-corrected chi connectivity index (χ3v) is 6.59. The molecule has 0 aliphatic rings. The molecule has 31 heavy (non-hydrogen) atoms. The first kappa shape index (κ1) is 21.9. The first-order valence-electron chi connectivity index (χ1n) is 9.70. The van der Waals surface area contributed by atoms with E-state index in [1.807, 2.05) is 36.4 Å². The maximum atomic E-state index is 13.3. The minimum absolute atomic E-state index is 0.254. The number of hydrogen-bond donors (Lipinski definition) is 0. The standard InChI is InChI=1S/C26H18Cl2F2S/c27-21-5-11-25(19(15-21)13-17-1-7-23(29)8-2-17)31-26-12-6-22(28)16-20(26)14-18-3-9-24(30)10-4-18/h1-12,15-16H,13-14H2. The van der Waals surface area contributed by atoms with Crippen LogP contribution in [0.4, 0.5) is 8.78 Å². The van der Waals surface area contributed by atoms with E-state index in [9.17, 15) is 8.78 Å². The van der Waals surface area contributed by atoms with Gasteiger partial charge in [0, 0.05) is 19.8 Å². The van der Waals surface area contributed by atoms with Gasteiger partial charge in [-0.2, -0.15) is 0 Å². The smallest absolute Gasteiger partial charge is 0.123 e. The summed E-state index contributed by atoms with van der Waals surface area (Å²) in [5.74, 6) is -0.507. The maximum absolute atomic E-state index is 13.3. The van der Waals surface area contributed by atoms with Crippen molar-refractivity contribution in [3.63, 3.8) is 0 Å². The van der Waals surface area contributed by atoms with E-state index in [4.69, 9.17) is 23.2 Å². The lowest BCUT2D eigenvalue weighted by Gasteiger charge is -2.14. The van der Waals surface area contributed by atoms with E-state index in [2.05, 4.69) is 0 Å². The minimum atomic E-state index is -0.254. The Morgan fingerprint density at radius 3 is 1.32 bits per heavy atom. The predicted molar refractivity (Wildman–Crippen MR) is 125 cm³/mol. The number of benzene rings is 4. The SMILES string of the molecule is Fc1ccc(Cc2cc(Cl)ccc2Sc2ccc(Cl)cc2Cc2ccc(F)cc2)cc1. The Labute approximate surface area is 194 Å². The van der Waals surface area contributed by atoms with Crippen molar-refractivity contribution in [3.8, 4) is 0 Å². The van der Waals surface area contributed by atoms with Gasteiger partial charge in [0.15, 0.2) is 0 Å². The number of halogens is 4. The average Bonchev–Trinajstić information content (AvgIpc) is 2.75. The Hall–Kier alpha value is -2.33. The Kier molecular flexibility index (Phi) is 6.96. The quantitative estimate of drug-likeness (QED) is 0.271. The van der Waals surface area contributed by atoms with Gasteiger partial charge in [0.25, 0.3) is 0 Å². The van der Waals surface area contributed by atoms with Gasteiger partial charge in [-0.3, -0.25) is 0 Å². The second kappa shape index (κ2) is 9.86. The van der Waals surface area contributed by atoms with Crippen molar-refractivity contribution in [2.75, 3.05) is 0 Å². The fourth-order valence-corrected chi connectivity index (χ4v) is 4.76. The van der Waals surface area contributed by atoms with Gasteiger partial charge >= 0.3 is 0 Å². The van der Waals surface area contributed by atoms with Crippen molar-refractivity contribution in [2.45, 2.75) is 22.6 Å². The van der Waals surface area contributed by atoms with Crippen LogP contribution in [-0.4, -0.2) is 0 Å². The van der Waals surface area contributed by atoms with Crippen LogP contribution in [0, 0.1) is 11.6 Å². The normalized spacial score (nSPS) is 11.0. The van der Waals surface area contributed by atoms with Crippen molar-refractivity contribution in [1.82, 2.24) is 0 Å². The number of hydrogen-bond acceptors (Lipinski definition) is 1. The molecule has 0 nitrogen and oxygen atoms in total. The van der Waals surface area contributed by atoms with Gasteiger partial charge in [-0.15, -0.1) is 0 Å². The fraction of sp³-hybridized carbons (Fsp3) is 0.0769. The molecule has 0 radical (unpaired) electrons. The molecule has 0 aliphatic heterocycles. The summed E-state index contributed by atoms with van der Waals surface area (Å²) < 4.78 is 26.6.